The highest BCUT2D eigenvalue weighted by atomic mass is 16.4. The van der Waals surface area contributed by atoms with Gasteiger partial charge < -0.3 is 5.11 Å². The van der Waals surface area contributed by atoms with Crippen molar-refractivity contribution in [3.63, 3.8) is 0 Å². The number of aryl methyl sites for hydroxylation is 1. The second-order valence-corrected chi connectivity index (χ2v) is 4.05. The van der Waals surface area contributed by atoms with Crippen LogP contribution in [0, 0.1) is 0 Å². The molecule has 2 N–H and O–H groups in total. The number of carboxylic acids is 1. The van der Waals surface area contributed by atoms with E-state index in [1.54, 1.807) is 16.9 Å². The Balaban J connectivity index is 2.05. The van der Waals surface area contributed by atoms with Crippen LogP contribution < -0.4 is 5.32 Å². The summed E-state index contributed by atoms with van der Waals surface area (Å²) in [5, 5.41) is 19.0. The molecule has 2 heterocycles. The molecular formula is C11H14N6O3. The van der Waals surface area contributed by atoms with Gasteiger partial charge in [0.05, 0.1) is 0 Å². The number of aromatic nitrogens is 5. The third kappa shape index (κ3) is 3.19. The van der Waals surface area contributed by atoms with Gasteiger partial charge in [0.15, 0.2) is 0 Å². The Morgan fingerprint density at radius 1 is 1.45 bits per heavy atom. The maximum atomic E-state index is 12.0. The number of carbonyl (C=O) groups is 2. The molecule has 106 valence electrons. The monoisotopic (exact) mass is 278 g/mol. The SMILES string of the molecule is CCCn1nccc1C(=O)Nc1ncn(CC(=O)O)n1. The van der Waals surface area contributed by atoms with Crippen molar-refractivity contribution in [3.8, 4) is 0 Å². The molecule has 20 heavy (non-hydrogen) atoms. The average Bonchev–Trinajstić information content (AvgIpc) is 2.98. The van der Waals surface area contributed by atoms with Gasteiger partial charge in [0.25, 0.3) is 5.91 Å². The van der Waals surface area contributed by atoms with E-state index in [4.69, 9.17) is 5.11 Å². The van der Waals surface area contributed by atoms with Gasteiger partial charge in [-0.05, 0) is 12.5 Å². The van der Waals surface area contributed by atoms with Crippen LogP contribution >= 0.6 is 0 Å². The zero-order chi connectivity index (χ0) is 14.5. The maximum absolute atomic E-state index is 12.0. The fraction of sp³-hybridized carbons (Fsp3) is 0.364. The Hall–Kier alpha value is -2.71. The van der Waals surface area contributed by atoms with E-state index >= 15 is 0 Å². The number of aliphatic carboxylic acids is 1. The lowest BCUT2D eigenvalue weighted by Crippen LogP contribution is -2.19. The number of amides is 1. The number of hydrogen-bond donors (Lipinski definition) is 2. The van der Waals surface area contributed by atoms with Crippen molar-refractivity contribution < 1.29 is 14.7 Å². The van der Waals surface area contributed by atoms with Gasteiger partial charge in [-0.1, -0.05) is 6.92 Å². The Kier molecular flexibility index (Phi) is 4.08. The van der Waals surface area contributed by atoms with Crippen molar-refractivity contribution in [2.75, 3.05) is 5.32 Å². The molecule has 0 spiro atoms. The molecule has 0 atom stereocenters. The fourth-order valence-electron chi connectivity index (χ4n) is 1.65. The standard InChI is InChI=1S/C11H14N6O3/c1-2-5-17-8(3-4-13-17)10(20)14-11-12-7-16(15-11)6-9(18)19/h3-4,7H,2,5-6H2,1H3,(H,18,19)(H,14,15,20). The lowest BCUT2D eigenvalue weighted by molar-refractivity contribution is -0.137. The van der Waals surface area contributed by atoms with Gasteiger partial charge in [0.1, 0.15) is 18.6 Å². The van der Waals surface area contributed by atoms with Crippen LogP contribution in [0.3, 0.4) is 0 Å². The predicted molar refractivity (Wildman–Crippen MR) is 68.1 cm³/mol. The topological polar surface area (TPSA) is 115 Å². The molecule has 1 amide bonds. The van der Waals surface area contributed by atoms with Gasteiger partial charge in [-0.3, -0.25) is 19.6 Å². The second-order valence-electron chi connectivity index (χ2n) is 4.05. The average molecular weight is 278 g/mol. The summed E-state index contributed by atoms with van der Waals surface area (Å²) in [4.78, 5) is 26.4. The summed E-state index contributed by atoms with van der Waals surface area (Å²) in [7, 11) is 0. The summed E-state index contributed by atoms with van der Waals surface area (Å²) in [6.45, 7) is 2.31. The van der Waals surface area contributed by atoms with E-state index in [0.717, 1.165) is 11.1 Å². The molecule has 2 aromatic heterocycles. The number of hydrogen-bond acceptors (Lipinski definition) is 5. The minimum absolute atomic E-state index is 0.0560. The van der Waals surface area contributed by atoms with Crippen molar-refractivity contribution in [1.82, 2.24) is 24.5 Å². The molecule has 2 rings (SSSR count). The molecule has 0 saturated carbocycles. The van der Waals surface area contributed by atoms with Crippen molar-refractivity contribution in [2.45, 2.75) is 26.4 Å². The second kappa shape index (κ2) is 5.95. The Morgan fingerprint density at radius 3 is 2.95 bits per heavy atom. The lowest BCUT2D eigenvalue weighted by atomic mass is 10.4. The van der Waals surface area contributed by atoms with Crippen LogP contribution in [0.1, 0.15) is 23.8 Å². The highest BCUT2D eigenvalue weighted by molar-refractivity contribution is 6.01. The summed E-state index contributed by atoms with van der Waals surface area (Å²) in [5.74, 6) is -1.36. The molecule has 0 radical (unpaired) electrons. The van der Waals surface area contributed by atoms with E-state index in [0.29, 0.717) is 12.2 Å². The molecule has 9 nitrogen and oxygen atoms in total. The van der Waals surface area contributed by atoms with Crippen LogP contribution in [0.25, 0.3) is 0 Å². The number of nitrogens with one attached hydrogen (secondary N) is 1. The van der Waals surface area contributed by atoms with E-state index in [1.165, 1.54) is 6.33 Å². The van der Waals surface area contributed by atoms with Gasteiger partial charge in [0.2, 0.25) is 5.95 Å². The Morgan fingerprint density at radius 2 is 2.25 bits per heavy atom. The zero-order valence-electron chi connectivity index (χ0n) is 10.9. The molecule has 0 bridgehead atoms. The Labute approximate surface area is 114 Å². The van der Waals surface area contributed by atoms with Crippen molar-refractivity contribution >= 4 is 17.8 Å². The number of carboxylic acid groups (broad SMARTS) is 1. The minimum atomic E-state index is -1.03. The van der Waals surface area contributed by atoms with Crippen LogP contribution in [-0.4, -0.2) is 41.5 Å². The first kappa shape index (κ1) is 13.7. The number of carbonyl (C=O) groups excluding carboxylic acids is 1. The molecule has 0 aliphatic heterocycles. The Bertz CT molecular complexity index is 617. The summed E-state index contributed by atoms with van der Waals surface area (Å²) in [6, 6.07) is 1.60. The first-order valence-electron chi connectivity index (χ1n) is 6.04. The van der Waals surface area contributed by atoms with E-state index in [2.05, 4.69) is 20.5 Å². The van der Waals surface area contributed by atoms with Crippen LogP contribution in [0.4, 0.5) is 5.95 Å². The van der Waals surface area contributed by atoms with Gasteiger partial charge >= 0.3 is 5.97 Å². The van der Waals surface area contributed by atoms with E-state index in [9.17, 15) is 9.59 Å². The third-order valence-corrected chi connectivity index (χ3v) is 2.44. The molecule has 0 fully saturated rings. The van der Waals surface area contributed by atoms with Crippen LogP contribution in [-0.2, 0) is 17.9 Å². The summed E-state index contributed by atoms with van der Waals surface area (Å²) >= 11 is 0. The summed E-state index contributed by atoms with van der Waals surface area (Å²) in [6.07, 6.45) is 3.64. The zero-order valence-corrected chi connectivity index (χ0v) is 10.9. The third-order valence-electron chi connectivity index (χ3n) is 2.44. The largest absolute Gasteiger partial charge is 0.480 e. The van der Waals surface area contributed by atoms with Crippen molar-refractivity contribution in [2.24, 2.45) is 0 Å². The smallest absolute Gasteiger partial charge is 0.325 e. The summed E-state index contributed by atoms with van der Waals surface area (Å²) in [5.41, 5.74) is 0.404. The molecule has 0 unspecified atom stereocenters. The molecule has 2 aromatic rings. The number of anilines is 1. The first-order chi connectivity index (χ1) is 9.60. The van der Waals surface area contributed by atoms with Crippen molar-refractivity contribution in [1.29, 1.82) is 0 Å². The van der Waals surface area contributed by atoms with Gasteiger partial charge in [-0.15, -0.1) is 5.10 Å². The quantitative estimate of drug-likeness (QED) is 0.781. The van der Waals surface area contributed by atoms with E-state index in [-0.39, 0.29) is 18.4 Å². The highest BCUT2D eigenvalue weighted by Gasteiger charge is 2.14. The van der Waals surface area contributed by atoms with Gasteiger partial charge in [-0.2, -0.15) is 5.10 Å². The van der Waals surface area contributed by atoms with Gasteiger partial charge in [-0.25, -0.2) is 9.67 Å². The molecule has 0 aliphatic carbocycles. The molecule has 0 aromatic carbocycles. The summed E-state index contributed by atoms with van der Waals surface area (Å²) < 4.78 is 2.71. The van der Waals surface area contributed by atoms with Crippen molar-refractivity contribution in [3.05, 3.63) is 24.3 Å². The van der Waals surface area contributed by atoms with Crippen LogP contribution in [0.2, 0.25) is 0 Å². The maximum Gasteiger partial charge on any atom is 0.325 e. The number of nitrogens with zero attached hydrogens (tertiary/aromatic N) is 5. The van der Waals surface area contributed by atoms with E-state index in [1.807, 2.05) is 6.92 Å². The lowest BCUT2D eigenvalue weighted by Gasteiger charge is -2.04. The van der Waals surface area contributed by atoms with E-state index < -0.39 is 5.97 Å². The molecule has 0 aliphatic rings. The van der Waals surface area contributed by atoms with Crippen LogP contribution in [0.15, 0.2) is 18.6 Å². The van der Waals surface area contributed by atoms with Gasteiger partial charge in [0, 0.05) is 12.7 Å². The molecule has 0 saturated heterocycles. The minimum Gasteiger partial charge on any atom is -0.480 e. The fourth-order valence-corrected chi connectivity index (χ4v) is 1.65. The van der Waals surface area contributed by atoms with Crippen LogP contribution in [0.5, 0.6) is 0 Å². The number of rotatable bonds is 6. The molecule has 9 heteroatoms. The first-order valence-corrected chi connectivity index (χ1v) is 6.04. The predicted octanol–water partition coefficient (Wildman–Crippen LogP) is 0.221. The highest BCUT2D eigenvalue weighted by Crippen LogP contribution is 2.04. The normalized spacial score (nSPS) is 10.4. The molecular weight excluding hydrogens is 264 g/mol.